The molecule has 0 atom stereocenters. The van der Waals surface area contributed by atoms with Gasteiger partial charge in [0.1, 0.15) is 24.6 Å². The Morgan fingerprint density at radius 2 is 1.82 bits per heavy atom. The van der Waals surface area contributed by atoms with E-state index in [1.54, 1.807) is 12.1 Å². The molecule has 1 heterocycles. The molecule has 1 aliphatic carbocycles. The predicted octanol–water partition coefficient (Wildman–Crippen LogP) is 5.13. The van der Waals surface area contributed by atoms with Crippen LogP contribution >= 0.6 is 0 Å². The minimum atomic E-state index is -0.517. The lowest BCUT2D eigenvalue weighted by molar-refractivity contribution is 0.0470. The topological polar surface area (TPSA) is 103 Å². The van der Waals surface area contributed by atoms with Crippen LogP contribution in [-0.2, 0) is 11.3 Å². The van der Waals surface area contributed by atoms with Crippen molar-refractivity contribution >= 4 is 17.0 Å². The van der Waals surface area contributed by atoms with Crippen molar-refractivity contribution in [3.05, 3.63) is 54.4 Å². The van der Waals surface area contributed by atoms with Crippen LogP contribution in [-0.4, -0.2) is 38.9 Å². The number of ether oxygens (including phenoxy) is 3. The molecule has 1 aliphatic rings. The molecule has 180 valence electrons. The van der Waals surface area contributed by atoms with E-state index in [4.69, 9.17) is 14.2 Å². The highest BCUT2D eigenvalue weighted by atomic mass is 16.6. The number of phenolic OH excluding ortho intramolecular Hbond substituents is 1. The van der Waals surface area contributed by atoms with Gasteiger partial charge in [-0.2, -0.15) is 0 Å². The van der Waals surface area contributed by atoms with Crippen LogP contribution in [0.5, 0.6) is 17.4 Å². The van der Waals surface area contributed by atoms with Crippen molar-refractivity contribution in [2.45, 2.75) is 70.8 Å². The van der Waals surface area contributed by atoms with Gasteiger partial charge in [0.05, 0.1) is 10.9 Å². The predicted molar refractivity (Wildman–Crippen MR) is 128 cm³/mol. The van der Waals surface area contributed by atoms with Gasteiger partial charge >= 0.3 is 6.09 Å². The highest BCUT2D eigenvalue weighted by Crippen LogP contribution is 2.35. The lowest BCUT2D eigenvalue weighted by atomic mass is 9.93. The van der Waals surface area contributed by atoms with Gasteiger partial charge in [0, 0.05) is 12.1 Å². The summed E-state index contributed by atoms with van der Waals surface area (Å²) in [5, 5.41) is 14.0. The summed E-state index contributed by atoms with van der Waals surface area (Å²) in [6, 6.07) is 13.1. The van der Waals surface area contributed by atoms with E-state index in [1.807, 2.05) is 51.1 Å². The summed E-state index contributed by atoms with van der Waals surface area (Å²) >= 11 is 0. The Hall–Kier alpha value is -3.55. The van der Waals surface area contributed by atoms with E-state index in [-0.39, 0.29) is 24.0 Å². The number of alkyl carbamates (subject to hydrolysis) is 1. The van der Waals surface area contributed by atoms with Crippen LogP contribution in [0.25, 0.3) is 10.9 Å². The van der Waals surface area contributed by atoms with Gasteiger partial charge in [-0.1, -0.05) is 30.3 Å². The highest BCUT2D eigenvalue weighted by molar-refractivity contribution is 5.86. The second kappa shape index (κ2) is 10.2. The maximum Gasteiger partial charge on any atom is 0.407 e. The number of carbonyl (C=O) groups is 1. The minimum Gasteiger partial charge on any atom is -0.504 e. The Morgan fingerprint density at radius 3 is 2.53 bits per heavy atom. The molecule has 0 spiro atoms. The molecule has 8 heteroatoms. The van der Waals surface area contributed by atoms with E-state index < -0.39 is 5.60 Å². The third kappa shape index (κ3) is 6.27. The maximum absolute atomic E-state index is 12.0. The molecule has 1 amide bonds. The van der Waals surface area contributed by atoms with Gasteiger partial charge in [-0.15, -0.1) is 0 Å². The second-order valence-corrected chi connectivity index (χ2v) is 9.53. The molecule has 0 radical (unpaired) electrons. The molecular formula is C26H31N3O5. The van der Waals surface area contributed by atoms with Crippen molar-refractivity contribution in [1.29, 1.82) is 0 Å². The van der Waals surface area contributed by atoms with Crippen LogP contribution in [0, 0.1) is 0 Å². The third-order valence-electron chi connectivity index (χ3n) is 5.59. The molecular weight excluding hydrogens is 434 g/mol. The van der Waals surface area contributed by atoms with Gasteiger partial charge in [-0.3, -0.25) is 0 Å². The fourth-order valence-electron chi connectivity index (χ4n) is 3.95. The van der Waals surface area contributed by atoms with Crippen LogP contribution in [0.3, 0.4) is 0 Å². The molecule has 3 aromatic rings. The molecule has 1 fully saturated rings. The third-order valence-corrected chi connectivity index (χ3v) is 5.59. The highest BCUT2D eigenvalue weighted by Gasteiger charge is 2.26. The number of aromatic hydroxyl groups is 1. The summed E-state index contributed by atoms with van der Waals surface area (Å²) in [7, 11) is 0. The van der Waals surface area contributed by atoms with Crippen molar-refractivity contribution in [3.8, 4) is 17.4 Å². The molecule has 1 aromatic heterocycles. The largest absolute Gasteiger partial charge is 0.504 e. The standard InChI is InChI=1S/C26H31N3O5/c1-26(2,3)34-25(31)29-18-9-11-19(12-10-18)33-24-20-13-23(22(30)14-21(20)27-16-28-24)32-15-17-7-5-4-6-8-17/h4-8,13-14,16,18-19,30H,9-12,15H2,1-3H3,(H,29,31). The van der Waals surface area contributed by atoms with Crippen LogP contribution in [0.1, 0.15) is 52.0 Å². The van der Waals surface area contributed by atoms with Crippen molar-refractivity contribution in [2.24, 2.45) is 0 Å². The van der Waals surface area contributed by atoms with Crippen molar-refractivity contribution in [3.63, 3.8) is 0 Å². The summed E-state index contributed by atoms with van der Waals surface area (Å²) in [5.74, 6) is 0.821. The number of hydrogen-bond acceptors (Lipinski definition) is 7. The molecule has 2 N–H and O–H groups in total. The number of nitrogens with one attached hydrogen (secondary N) is 1. The first kappa shape index (κ1) is 23.6. The quantitative estimate of drug-likeness (QED) is 0.520. The summed E-state index contributed by atoms with van der Waals surface area (Å²) in [6.07, 6.45) is 4.15. The summed E-state index contributed by atoms with van der Waals surface area (Å²) in [6.45, 7) is 5.88. The minimum absolute atomic E-state index is 0.0156. The number of benzene rings is 2. The normalized spacial score (nSPS) is 18.3. The molecule has 8 nitrogen and oxygen atoms in total. The fraction of sp³-hybridized carbons (Fsp3) is 0.423. The lowest BCUT2D eigenvalue weighted by Crippen LogP contribution is -2.42. The zero-order valence-electron chi connectivity index (χ0n) is 19.8. The van der Waals surface area contributed by atoms with E-state index in [2.05, 4.69) is 15.3 Å². The van der Waals surface area contributed by atoms with E-state index in [1.165, 1.54) is 6.33 Å². The van der Waals surface area contributed by atoms with E-state index >= 15 is 0 Å². The van der Waals surface area contributed by atoms with Gasteiger partial charge in [0.25, 0.3) is 0 Å². The summed E-state index contributed by atoms with van der Waals surface area (Å²) in [4.78, 5) is 20.6. The van der Waals surface area contributed by atoms with Crippen molar-refractivity contribution < 1.29 is 24.1 Å². The fourth-order valence-corrected chi connectivity index (χ4v) is 3.95. The number of carbonyl (C=O) groups excluding carboxylic acids is 1. The molecule has 34 heavy (non-hydrogen) atoms. The Labute approximate surface area is 199 Å². The summed E-state index contributed by atoms with van der Waals surface area (Å²) in [5.41, 5.74) is 1.06. The average molecular weight is 466 g/mol. The Kier molecular flexibility index (Phi) is 7.05. The monoisotopic (exact) mass is 465 g/mol. The number of nitrogens with zero attached hydrogens (tertiary/aromatic N) is 2. The molecule has 2 aromatic carbocycles. The zero-order chi connectivity index (χ0) is 24.1. The van der Waals surface area contributed by atoms with Gasteiger partial charge < -0.3 is 24.6 Å². The molecule has 1 saturated carbocycles. The first-order chi connectivity index (χ1) is 16.3. The van der Waals surface area contributed by atoms with Gasteiger partial charge in [-0.25, -0.2) is 14.8 Å². The zero-order valence-corrected chi connectivity index (χ0v) is 19.8. The van der Waals surface area contributed by atoms with Crippen LogP contribution < -0.4 is 14.8 Å². The first-order valence-corrected chi connectivity index (χ1v) is 11.6. The smallest absolute Gasteiger partial charge is 0.407 e. The van der Waals surface area contributed by atoms with Gasteiger partial charge in [-0.05, 0) is 58.1 Å². The first-order valence-electron chi connectivity index (χ1n) is 11.6. The van der Waals surface area contributed by atoms with E-state index in [0.29, 0.717) is 29.1 Å². The van der Waals surface area contributed by atoms with Crippen LogP contribution in [0.2, 0.25) is 0 Å². The van der Waals surface area contributed by atoms with Crippen molar-refractivity contribution in [2.75, 3.05) is 0 Å². The number of amides is 1. The Bertz CT molecular complexity index is 1120. The van der Waals surface area contributed by atoms with Gasteiger partial charge in [0.15, 0.2) is 11.5 Å². The van der Waals surface area contributed by atoms with E-state index in [9.17, 15) is 9.90 Å². The SMILES string of the molecule is CC(C)(C)OC(=O)NC1CCC(Oc2ncnc3cc(O)c(OCc4ccccc4)cc23)CC1. The molecule has 0 unspecified atom stereocenters. The molecule has 0 bridgehead atoms. The molecule has 0 aliphatic heterocycles. The number of fused-ring (bicyclic) bond motifs is 1. The Balaban J connectivity index is 1.40. The Morgan fingerprint density at radius 1 is 1.09 bits per heavy atom. The van der Waals surface area contributed by atoms with Crippen LogP contribution in [0.15, 0.2) is 48.8 Å². The molecule has 0 saturated heterocycles. The lowest BCUT2D eigenvalue weighted by Gasteiger charge is -2.30. The van der Waals surface area contributed by atoms with E-state index in [0.717, 1.165) is 31.2 Å². The number of phenols is 1. The van der Waals surface area contributed by atoms with Crippen LogP contribution in [0.4, 0.5) is 4.79 Å². The summed E-state index contributed by atoms with van der Waals surface area (Å²) < 4.78 is 17.4. The van der Waals surface area contributed by atoms with Gasteiger partial charge in [0.2, 0.25) is 5.88 Å². The number of rotatable bonds is 6. The number of aromatic nitrogens is 2. The molecule has 4 rings (SSSR count). The maximum atomic E-state index is 12.0. The average Bonchev–Trinajstić information content (AvgIpc) is 2.79. The van der Waals surface area contributed by atoms with Crippen molar-refractivity contribution in [1.82, 2.24) is 15.3 Å². The second-order valence-electron chi connectivity index (χ2n) is 9.53. The number of hydrogen-bond donors (Lipinski definition) is 2.